The zero-order chi connectivity index (χ0) is 10.8. The number of nitrogens with two attached hydrogens (primary N) is 1. The number of thiophene rings is 1. The predicted octanol–water partition coefficient (Wildman–Crippen LogP) is 3.01. The summed E-state index contributed by atoms with van der Waals surface area (Å²) in [6.45, 7) is 2.10. The number of aromatic nitrogens is 1. The summed E-state index contributed by atoms with van der Waals surface area (Å²) in [5.74, 6) is 0. The van der Waals surface area contributed by atoms with Crippen molar-refractivity contribution in [1.29, 1.82) is 0 Å². The van der Waals surface area contributed by atoms with E-state index in [9.17, 15) is 0 Å². The molecule has 0 aromatic carbocycles. The van der Waals surface area contributed by atoms with E-state index in [4.69, 9.17) is 18.0 Å². The molecule has 0 aliphatic rings. The Balaban J connectivity index is 2.28. The molecule has 2 N–H and O–H groups in total. The van der Waals surface area contributed by atoms with E-state index < -0.39 is 0 Å². The van der Waals surface area contributed by atoms with Gasteiger partial charge < -0.3 is 5.73 Å². The van der Waals surface area contributed by atoms with Crippen LogP contribution in [0, 0.1) is 6.92 Å². The van der Waals surface area contributed by atoms with Gasteiger partial charge in [0, 0.05) is 11.8 Å². The maximum Gasteiger partial charge on any atom is 0.100 e. The number of hydrogen-bond donors (Lipinski definition) is 1. The highest BCUT2D eigenvalue weighted by Crippen LogP contribution is 2.29. The third kappa shape index (κ3) is 2.42. The summed E-state index contributed by atoms with van der Waals surface area (Å²) in [7, 11) is 0. The fourth-order valence-electron chi connectivity index (χ4n) is 1.28. The SMILES string of the molecule is Cc1ccsc1-c1csc(CC(N)=S)n1. The van der Waals surface area contributed by atoms with Crippen LogP contribution in [-0.2, 0) is 6.42 Å². The lowest BCUT2D eigenvalue weighted by Gasteiger charge is -1.93. The summed E-state index contributed by atoms with van der Waals surface area (Å²) >= 11 is 8.19. The van der Waals surface area contributed by atoms with Crippen LogP contribution in [0.1, 0.15) is 10.6 Å². The van der Waals surface area contributed by atoms with Crippen molar-refractivity contribution in [3.8, 4) is 10.6 Å². The maximum absolute atomic E-state index is 5.48. The minimum absolute atomic E-state index is 0.499. The molecule has 0 atom stereocenters. The van der Waals surface area contributed by atoms with Gasteiger partial charge in [0.25, 0.3) is 0 Å². The minimum atomic E-state index is 0.499. The Hall–Kier alpha value is -0.780. The monoisotopic (exact) mass is 254 g/mol. The van der Waals surface area contributed by atoms with Gasteiger partial charge in [0.15, 0.2) is 0 Å². The van der Waals surface area contributed by atoms with Crippen LogP contribution in [0.25, 0.3) is 10.6 Å². The zero-order valence-electron chi connectivity index (χ0n) is 8.19. The molecule has 0 aliphatic heterocycles. The number of thiazole rings is 1. The fraction of sp³-hybridized carbons (Fsp3) is 0.200. The molecule has 0 radical (unpaired) electrons. The molecule has 2 aromatic rings. The maximum atomic E-state index is 5.48. The Kier molecular flexibility index (Phi) is 3.14. The molecule has 2 heterocycles. The van der Waals surface area contributed by atoms with Crippen LogP contribution in [-0.4, -0.2) is 9.97 Å². The third-order valence-corrected chi connectivity index (χ3v) is 4.00. The van der Waals surface area contributed by atoms with Gasteiger partial charge in [-0.15, -0.1) is 22.7 Å². The second-order valence-electron chi connectivity index (χ2n) is 3.20. The minimum Gasteiger partial charge on any atom is -0.393 e. The van der Waals surface area contributed by atoms with Gasteiger partial charge in [0.2, 0.25) is 0 Å². The van der Waals surface area contributed by atoms with Crippen molar-refractivity contribution in [2.45, 2.75) is 13.3 Å². The van der Waals surface area contributed by atoms with Crippen molar-refractivity contribution in [1.82, 2.24) is 4.98 Å². The third-order valence-electron chi connectivity index (χ3n) is 1.97. The molecule has 15 heavy (non-hydrogen) atoms. The van der Waals surface area contributed by atoms with Crippen LogP contribution in [0.3, 0.4) is 0 Å². The summed E-state index contributed by atoms with van der Waals surface area (Å²) in [6, 6.07) is 2.10. The average Bonchev–Trinajstić information content (AvgIpc) is 2.72. The van der Waals surface area contributed by atoms with Gasteiger partial charge in [0.1, 0.15) is 5.01 Å². The van der Waals surface area contributed by atoms with Gasteiger partial charge in [-0.25, -0.2) is 4.98 Å². The van der Waals surface area contributed by atoms with Crippen LogP contribution < -0.4 is 5.73 Å². The van der Waals surface area contributed by atoms with Crippen LogP contribution in [0.5, 0.6) is 0 Å². The fourth-order valence-corrected chi connectivity index (χ4v) is 3.28. The Morgan fingerprint density at radius 2 is 2.33 bits per heavy atom. The number of nitrogens with zero attached hydrogens (tertiary/aromatic N) is 1. The quantitative estimate of drug-likeness (QED) is 0.856. The van der Waals surface area contributed by atoms with Gasteiger partial charge in [-0.2, -0.15) is 0 Å². The lowest BCUT2D eigenvalue weighted by molar-refractivity contribution is 1.23. The van der Waals surface area contributed by atoms with Crippen molar-refractivity contribution in [3.05, 3.63) is 27.4 Å². The first-order chi connectivity index (χ1) is 7.16. The normalized spacial score (nSPS) is 10.5. The van der Waals surface area contributed by atoms with E-state index in [2.05, 4.69) is 28.7 Å². The molecule has 0 aliphatic carbocycles. The molecule has 2 rings (SSSR count). The number of thiocarbonyl (C=S) groups is 1. The lowest BCUT2D eigenvalue weighted by Crippen LogP contribution is -2.10. The Morgan fingerprint density at radius 1 is 1.53 bits per heavy atom. The first kappa shape index (κ1) is 10.7. The first-order valence-corrected chi connectivity index (χ1v) is 6.61. The summed E-state index contributed by atoms with van der Waals surface area (Å²) in [5, 5.41) is 5.13. The molecule has 0 saturated carbocycles. The van der Waals surface area contributed by atoms with Crippen molar-refractivity contribution >= 4 is 39.9 Å². The number of hydrogen-bond acceptors (Lipinski definition) is 4. The molecule has 0 fully saturated rings. The second-order valence-corrected chi connectivity index (χ2v) is 5.59. The average molecular weight is 254 g/mol. The highest BCUT2D eigenvalue weighted by molar-refractivity contribution is 7.80. The standard InChI is InChI=1S/C10H10N2S3/c1-6-2-3-14-10(6)7-5-15-9(12-7)4-8(11)13/h2-3,5H,4H2,1H3,(H2,11,13). The highest BCUT2D eigenvalue weighted by atomic mass is 32.1. The lowest BCUT2D eigenvalue weighted by atomic mass is 10.2. The first-order valence-electron chi connectivity index (χ1n) is 4.44. The van der Waals surface area contributed by atoms with Crippen LogP contribution >= 0.6 is 34.9 Å². The van der Waals surface area contributed by atoms with Crippen LogP contribution in [0.4, 0.5) is 0 Å². The van der Waals surface area contributed by atoms with Gasteiger partial charge in [-0.3, -0.25) is 0 Å². The molecule has 0 amide bonds. The number of rotatable bonds is 3. The smallest absolute Gasteiger partial charge is 0.100 e. The van der Waals surface area contributed by atoms with E-state index >= 15 is 0 Å². The van der Waals surface area contributed by atoms with Gasteiger partial charge in [0.05, 0.1) is 15.6 Å². The van der Waals surface area contributed by atoms with E-state index in [0.717, 1.165) is 10.7 Å². The van der Waals surface area contributed by atoms with Crippen molar-refractivity contribution in [2.24, 2.45) is 5.73 Å². The van der Waals surface area contributed by atoms with E-state index in [0.29, 0.717) is 11.4 Å². The molecule has 0 spiro atoms. The molecule has 0 bridgehead atoms. The Morgan fingerprint density at radius 3 is 2.93 bits per heavy atom. The van der Waals surface area contributed by atoms with E-state index in [1.165, 1.54) is 10.4 Å². The van der Waals surface area contributed by atoms with Crippen molar-refractivity contribution < 1.29 is 0 Å². The van der Waals surface area contributed by atoms with Crippen molar-refractivity contribution in [3.63, 3.8) is 0 Å². The molecule has 2 nitrogen and oxygen atoms in total. The molecule has 0 saturated heterocycles. The van der Waals surface area contributed by atoms with E-state index in [-0.39, 0.29) is 0 Å². The van der Waals surface area contributed by atoms with Crippen LogP contribution in [0.2, 0.25) is 0 Å². The molecule has 0 unspecified atom stereocenters. The molecular formula is C10H10N2S3. The zero-order valence-corrected chi connectivity index (χ0v) is 10.6. The van der Waals surface area contributed by atoms with Gasteiger partial charge >= 0.3 is 0 Å². The Labute approximate surface area is 102 Å². The summed E-state index contributed by atoms with van der Waals surface area (Å²) < 4.78 is 0. The summed E-state index contributed by atoms with van der Waals surface area (Å²) in [4.78, 5) is 6.25. The molecule has 5 heteroatoms. The highest BCUT2D eigenvalue weighted by Gasteiger charge is 2.08. The molecule has 2 aromatic heterocycles. The van der Waals surface area contributed by atoms with Crippen LogP contribution in [0.15, 0.2) is 16.8 Å². The van der Waals surface area contributed by atoms with E-state index in [1.54, 1.807) is 22.7 Å². The second kappa shape index (κ2) is 4.38. The molecule has 78 valence electrons. The molecular weight excluding hydrogens is 244 g/mol. The summed E-state index contributed by atoms with van der Waals surface area (Å²) in [6.07, 6.45) is 0.602. The number of aryl methyl sites for hydroxylation is 1. The van der Waals surface area contributed by atoms with Gasteiger partial charge in [-0.1, -0.05) is 12.2 Å². The van der Waals surface area contributed by atoms with Crippen molar-refractivity contribution in [2.75, 3.05) is 0 Å². The Bertz CT molecular complexity index is 484. The predicted molar refractivity (Wildman–Crippen MR) is 70.7 cm³/mol. The topological polar surface area (TPSA) is 38.9 Å². The largest absolute Gasteiger partial charge is 0.393 e. The summed E-state index contributed by atoms with van der Waals surface area (Å²) in [5.41, 5.74) is 7.79. The van der Waals surface area contributed by atoms with E-state index in [1.807, 2.05) is 0 Å². The van der Waals surface area contributed by atoms with Gasteiger partial charge in [-0.05, 0) is 23.9 Å².